The van der Waals surface area contributed by atoms with Crippen molar-refractivity contribution >= 4 is 12.0 Å². The van der Waals surface area contributed by atoms with Gasteiger partial charge in [0.25, 0.3) is 0 Å². The van der Waals surface area contributed by atoms with Crippen LogP contribution in [-0.2, 0) is 16.4 Å². The van der Waals surface area contributed by atoms with E-state index in [-0.39, 0.29) is 11.3 Å². The van der Waals surface area contributed by atoms with Crippen LogP contribution in [0.2, 0.25) is 0 Å². The number of ketones is 1. The lowest BCUT2D eigenvalue weighted by atomic mass is 9.68. The van der Waals surface area contributed by atoms with E-state index in [4.69, 9.17) is 0 Å². The molecule has 2 nitrogen and oxygen atoms in total. The third-order valence-electron chi connectivity index (χ3n) is 3.79. The molecule has 1 fully saturated rings. The number of hydrogen-bond donors (Lipinski definition) is 0. The van der Waals surface area contributed by atoms with Gasteiger partial charge in [0.05, 0.1) is 11.0 Å². The molecule has 0 heterocycles. The Balaban J connectivity index is 2.64. The second-order valence-corrected chi connectivity index (χ2v) is 5.03. The molecule has 2 rings (SSSR count). The topological polar surface area (TPSA) is 29.4 Å². The minimum absolute atomic E-state index is 0.0304. The van der Waals surface area contributed by atoms with Gasteiger partial charge in [0.2, 0.25) is 0 Å². The Morgan fingerprint density at radius 2 is 1.95 bits per heavy atom. The number of hydrogen-bond acceptors (Lipinski definition) is 2. The highest BCUT2D eigenvalue weighted by atomic mass is 19.4. The number of carbonyl (C=O) groups excluding carboxylic acids is 1. The fraction of sp³-hybridized carbons (Fsp3) is 0.467. The van der Waals surface area contributed by atoms with E-state index in [9.17, 15) is 18.0 Å². The van der Waals surface area contributed by atoms with Gasteiger partial charge in [-0.1, -0.05) is 24.6 Å². The van der Waals surface area contributed by atoms with Crippen LogP contribution in [0.25, 0.3) is 0 Å². The van der Waals surface area contributed by atoms with Crippen molar-refractivity contribution < 1.29 is 18.0 Å². The van der Waals surface area contributed by atoms with Crippen molar-refractivity contribution in [2.75, 3.05) is 7.05 Å². The SMILES string of the molecule is CN=C[C@]1(c2ccccc2C(F)(F)F)CCCCC1=O. The molecular weight excluding hydrogens is 267 g/mol. The fourth-order valence-electron chi connectivity index (χ4n) is 2.88. The minimum Gasteiger partial charge on any atom is -0.299 e. The Hall–Kier alpha value is -1.65. The highest BCUT2D eigenvalue weighted by Crippen LogP contribution is 2.42. The summed E-state index contributed by atoms with van der Waals surface area (Å²) in [6.45, 7) is 0. The maximum atomic E-state index is 13.2. The van der Waals surface area contributed by atoms with E-state index < -0.39 is 17.2 Å². The molecule has 0 aromatic heterocycles. The number of rotatable bonds is 2. The first kappa shape index (κ1) is 14.8. The zero-order valence-corrected chi connectivity index (χ0v) is 11.2. The van der Waals surface area contributed by atoms with Gasteiger partial charge in [0.15, 0.2) is 0 Å². The zero-order valence-electron chi connectivity index (χ0n) is 11.2. The van der Waals surface area contributed by atoms with Crippen molar-refractivity contribution in [3.63, 3.8) is 0 Å². The maximum absolute atomic E-state index is 13.2. The van der Waals surface area contributed by atoms with Crippen molar-refractivity contribution in [2.45, 2.75) is 37.3 Å². The number of nitrogens with zero attached hydrogens (tertiary/aromatic N) is 1. The first-order valence-electron chi connectivity index (χ1n) is 6.55. The summed E-state index contributed by atoms with van der Waals surface area (Å²) in [5.74, 6) is -0.175. The van der Waals surface area contributed by atoms with Crippen LogP contribution in [0.15, 0.2) is 29.3 Å². The summed E-state index contributed by atoms with van der Waals surface area (Å²) in [6.07, 6.45) is -0.938. The summed E-state index contributed by atoms with van der Waals surface area (Å²) in [4.78, 5) is 16.2. The van der Waals surface area contributed by atoms with Gasteiger partial charge < -0.3 is 0 Å². The molecule has 1 aromatic carbocycles. The van der Waals surface area contributed by atoms with Crippen molar-refractivity contribution in [2.24, 2.45) is 4.99 Å². The summed E-state index contributed by atoms with van der Waals surface area (Å²) >= 11 is 0. The molecular formula is C15H16F3NO. The summed E-state index contributed by atoms with van der Waals surface area (Å²) in [6, 6.07) is 5.31. The molecule has 1 aliphatic rings. The van der Waals surface area contributed by atoms with Crippen LogP contribution >= 0.6 is 0 Å². The average Bonchev–Trinajstić information content (AvgIpc) is 2.41. The lowest BCUT2D eigenvalue weighted by Crippen LogP contribution is -2.41. The Kier molecular flexibility index (Phi) is 3.97. The lowest BCUT2D eigenvalue weighted by Gasteiger charge is -2.34. The standard InChI is InChI=1S/C15H16F3NO/c1-19-10-14(9-5-4-8-13(14)20)11-6-2-3-7-12(11)15(16,17)18/h2-3,6-7,10H,4-5,8-9H2,1H3/t14-/m0/s1. The average molecular weight is 283 g/mol. The molecule has 5 heteroatoms. The molecule has 0 unspecified atom stereocenters. The molecule has 0 bridgehead atoms. The van der Waals surface area contributed by atoms with Crippen molar-refractivity contribution in [3.05, 3.63) is 35.4 Å². The molecule has 108 valence electrons. The molecule has 1 aromatic rings. The number of halogens is 3. The molecule has 0 N–H and O–H groups in total. The number of alkyl halides is 3. The van der Waals surface area contributed by atoms with E-state index in [2.05, 4.69) is 4.99 Å². The second kappa shape index (κ2) is 5.38. The number of carbonyl (C=O) groups is 1. The monoisotopic (exact) mass is 283 g/mol. The van der Waals surface area contributed by atoms with Gasteiger partial charge in [-0.3, -0.25) is 9.79 Å². The second-order valence-electron chi connectivity index (χ2n) is 5.03. The molecule has 0 radical (unpaired) electrons. The van der Waals surface area contributed by atoms with Gasteiger partial charge in [-0.2, -0.15) is 13.2 Å². The fourth-order valence-corrected chi connectivity index (χ4v) is 2.88. The van der Waals surface area contributed by atoms with Crippen LogP contribution in [0.3, 0.4) is 0 Å². The van der Waals surface area contributed by atoms with Crippen LogP contribution in [0.4, 0.5) is 13.2 Å². The van der Waals surface area contributed by atoms with Gasteiger partial charge in [-0.15, -0.1) is 0 Å². The summed E-state index contributed by atoms with van der Waals surface area (Å²) in [5.41, 5.74) is -1.93. The summed E-state index contributed by atoms with van der Waals surface area (Å²) in [7, 11) is 1.49. The first-order valence-corrected chi connectivity index (χ1v) is 6.55. The van der Waals surface area contributed by atoms with Gasteiger partial charge >= 0.3 is 6.18 Å². The Morgan fingerprint density at radius 3 is 2.55 bits per heavy atom. The molecule has 0 spiro atoms. The molecule has 0 saturated heterocycles. The maximum Gasteiger partial charge on any atom is 0.416 e. The molecule has 1 saturated carbocycles. The predicted octanol–water partition coefficient (Wildman–Crippen LogP) is 3.79. The number of Topliss-reactive ketones (excluding diaryl/α,β-unsaturated/α-hetero) is 1. The van der Waals surface area contributed by atoms with Gasteiger partial charge in [-0.05, 0) is 24.5 Å². The summed E-state index contributed by atoms with van der Waals surface area (Å²) < 4.78 is 39.6. The van der Waals surface area contributed by atoms with E-state index in [0.717, 1.165) is 18.9 Å². The van der Waals surface area contributed by atoms with Gasteiger partial charge in [0.1, 0.15) is 5.78 Å². The quantitative estimate of drug-likeness (QED) is 0.759. The molecule has 1 atom stereocenters. The van der Waals surface area contributed by atoms with Crippen LogP contribution in [0, 0.1) is 0 Å². The smallest absolute Gasteiger partial charge is 0.299 e. The number of aliphatic imine (C=N–C) groups is 1. The summed E-state index contributed by atoms with van der Waals surface area (Å²) in [5, 5.41) is 0. The Bertz CT molecular complexity index is 536. The minimum atomic E-state index is -4.47. The number of benzene rings is 1. The van der Waals surface area contributed by atoms with Crippen LogP contribution in [0.1, 0.15) is 36.8 Å². The van der Waals surface area contributed by atoms with Crippen molar-refractivity contribution in [1.82, 2.24) is 0 Å². The highest BCUT2D eigenvalue weighted by Gasteiger charge is 2.45. The van der Waals surface area contributed by atoms with Gasteiger partial charge in [0, 0.05) is 19.7 Å². The predicted molar refractivity (Wildman–Crippen MR) is 71.0 cm³/mol. The lowest BCUT2D eigenvalue weighted by molar-refractivity contribution is -0.139. The molecule has 0 amide bonds. The highest BCUT2D eigenvalue weighted by molar-refractivity contribution is 6.06. The van der Waals surface area contributed by atoms with E-state index in [1.807, 2.05) is 0 Å². The third-order valence-corrected chi connectivity index (χ3v) is 3.79. The largest absolute Gasteiger partial charge is 0.416 e. The third kappa shape index (κ3) is 2.49. The van der Waals surface area contributed by atoms with E-state index in [1.165, 1.54) is 31.5 Å². The Labute approximate surface area is 115 Å². The van der Waals surface area contributed by atoms with Crippen LogP contribution < -0.4 is 0 Å². The van der Waals surface area contributed by atoms with Crippen molar-refractivity contribution in [1.29, 1.82) is 0 Å². The van der Waals surface area contributed by atoms with E-state index >= 15 is 0 Å². The van der Waals surface area contributed by atoms with E-state index in [1.54, 1.807) is 0 Å². The Morgan fingerprint density at radius 1 is 1.25 bits per heavy atom. The molecule has 1 aliphatic carbocycles. The van der Waals surface area contributed by atoms with Gasteiger partial charge in [-0.25, -0.2) is 0 Å². The van der Waals surface area contributed by atoms with Crippen molar-refractivity contribution in [3.8, 4) is 0 Å². The van der Waals surface area contributed by atoms with Crippen LogP contribution in [0.5, 0.6) is 0 Å². The van der Waals surface area contributed by atoms with E-state index in [0.29, 0.717) is 12.8 Å². The first-order chi connectivity index (χ1) is 9.42. The molecule has 0 aliphatic heterocycles. The molecule has 20 heavy (non-hydrogen) atoms. The normalized spacial score (nSPS) is 24.3. The van der Waals surface area contributed by atoms with Crippen LogP contribution in [-0.4, -0.2) is 19.0 Å². The zero-order chi connectivity index (χ0) is 14.8.